The fourth-order valence-corrected chi connectivity index (χ4v) is 2.79. The van der Waals surface area contributed by atoms with Crippen LogP contribution in [0.1, 0.15) is 5.56 Å². The van der Waals surface area contributed by atoms with Gasteiger partial charge in [-0.25, -0.2) is 4.98 Å². The number of nitrogens with zero attached hydrogens (tertiary/aromatic N) is 3. The van der Waals surface area contributed by atoms with E-state index in [4.69, 9.17) is 11.6 Å². The normalized spacial score (nSPS) is 10.6. The van der Waals surface area contributed by atoms with Crippen molar-refractivity contribution in [1.29, 1.82) is 5.26 Å². The Morgan fingerprint density at radius 1 is 1.41 bits per heavy atom. The minimum absolute atomic E-state index is 0.0491. The van der Waals surface area contributed by atoms with Gasteiger partial charge in [-0.05, 0) is 24.5 Å². The van der Waals surface area contributed by atoms with Gasteiger partial charge in [-0.15, -0.1) is 0 Å². The zero-order valence-corrected chi connectivity index (χ0v) is 13.0. The van der Waals surface area contributed by atoms with E-state index in [2.05, 4.69) is 15.0 Å². The van der Waals surface area contributed by atoms with Gasteiger partial charge in [0.05, 0.1) is 11.2 Å². The second-order valence-corrected chi connectivity index (χ2v) is 5.67. The monoisotopic (exact) mass is 328 g/mol. The molecule has 22 heavy (non-hydrogen) atoms. The molecule has 3 aromatic rings. The molecule has 108 valence electrons. The molecule has 0 saturated carbocycles. The third-order valence-electron chi connectivity index (χ3n) is 3.13. The van der Waals surface area contributed by atoms with Gasteiger partial charge in [0.25, 0.3) is 5.56 Å². The topological polar surface area (TPSA) is 82.4 Å². The van der Waals surface area contributed by atoms with Crippen molar-refractivity contribution in [2.24, 2.45) is 0 Å². The Hall–Kier alpha value is -2.36. The van der Waals surface area contributed by atoms with Gasteiger partial charge in [-0.1, -0.05) is 29.4 Å². The molecule has 7 heteroatoms. The second-order valence-electron chi connectivity index (χ2n) is 4.44. The van der Waals surface area contributed by atoms with E-state index in [0.29, 0.717) is 27.0 Å². The summed E-state index contributed by atoms with van der Waals surface area (Å²) in [7, 11) is 0. The lowest BCUT2D eigenvalue weighted by atomic mass is 10.0. The Kier molecular flexibility index (Phi) is 3.84. The lowest BCUT2D eigenvalue weighted by Crippen LogP contribution is -2.14. The Morgan fingerprint density at radius 2 is 2.23 bits per heavy atom. The van der Waals surface area contributed by atoms with Gasteiger partial charge in [0.1, 0.15) is 11.6 Å². The molecule has 0 bridgehead atoms. The molecule has 0 fully saturated rings. The maximum atomic E-state index is 12.1. The fraction of sp³-hybridized carbons (Fsp3) is 0.0667. The molecule has 0 aliphatic carbocycles. The van der Waals surface area contributed by atoms with Crippen LogP contribution in [0, 0.1) is 11.3 Å². The number of nitriles is 1. The molecule has 1 aromatic carbocycles. The number of H-pyrrole nitrogens is 1. The number of rotatable bonds is 2. The van der Waals surface area contributed by atoms with Crippen LogP contribution in [0.3, 0.4) is 0 Å². The van der Waals surface area contributed by atoms with E-state index in [1.54, 1.807) is 30.7 Å². The number of fused-ring (bicyclic) bond motifs is 1. The molecule has 3 rings (SSSR count). The first-order valence-corrected chi connectivity index (χ1v) is 7.87. The van der Waals surface area contributed by atoms with Crippen LogP contribution in [-0.4, -0.2) is 21.2 Å². The molecular formula is C15H9ClN4OS. The van der Waals surface area contributed by atoms with E-state index < -0.39 is 5.56 Å². The molecule has 0 spiro atoms. The van der Waals surface area contributed by atoms with Gasteiger partial charge in [0.15, 0.2) is 5.16 Å². The van der Waals surface area contributed by atoms with Crippen molar-refractivity contribution < 1.29 is 0 Å². The van der Waals surface area contributed by atoms with Crippen LogP contribution in [0.25, 0.3) is 22.2 Å². The first kappa shape index (κ1) is 14.6. The minimum atomic E-state index is -0.471. The summed E-state index contributed by atoms with van der Waals surface area (Å²) in [5.41, 5.74) is 0.990. The van der Waals surface area contributed by atoms with Gasteiger partial charge < -0.3 is 4.98 Å². The number of nitrogens with one attached hydrogen (secondary N) is 1. The smallest absolute Gasteiger partial charge is 0.270 e. The molecule has 0 radical (unpaired) electrons. The SMILES string of the molecule is CSc1nc(-c2cc(Cl)cc3cccnc23)c(C#N)c(=O)[nH]1. The van der Waals surface area contributed by atoms with E-state index in [1.165, 1.54) is 11.8 Å². The van der Waals surface area contributed by atoms with Crippen LogP contribution in [0.5, 0.6) is 0 Å². The fourth-order valence-electron chi connectivity index (χ4n) is 2.18. The van der Waals surface area contributed by atoms with Crippen molar-refractivity contribution in [2.75, 3.05) is 6.26 Å². The Balaban J connectivity index is 2.44. The summed E-state index contributed by atoms with van der Waals surface area (Å²) in [5.74, 6) is 0. The highest BCUT2D eigenvalue weighted by atomic mass is 35.5. The summed E-state index contributed by atoms with van der Waals surface area (Å²) in [5, 5.41) is 11.0. The predicted molar refractivity (Wildman–Crippen MR) is 87.1 cm³/mol. The molecule has 0 unspecified atom stereocenters. The largest absolute Gasteiger partial charge is 0.300 e. The highest BCUT2D eigenvalue weighted by Crippen LogP contribution is 2.31. The van der Waals surface area contributed by atoms with Crippen molar-refractivity contribution in [3.8, 4) is 17.3 Å². The van der Waals surface area contributed by atoms with Crippen LogP contribution < -0.4 is 5.56 Å². The lowest BCUT2D eigenvalue weighted by Gasteiger charge is -2.08. The molecule has 0 aliphatic heterocycles. The maximum absolute atomic E-state index is 12.1. The van der Waals surface area contributed by atoms with Crippen molar-refractivity contribution >= 4 is 34.3 Å². The number of aromatic nitrogens is 3. The van der Waals surface area contributed by atoms with Crippen molar-refractivity contribution in [2.45, 2.75) is 5.16 Å². The van der Waals surface area contributed by atoms with Crippen LogP contribution in [0.15, 0.2) is 40.4 Å². The van der Waals surface area contributed by atoms with Gasteiger partial charge in [0, 0.05) is 22.2 Å². The van der Waals surface area contributed by atoms with E-state index in [1.807, 2.05) is 12.1 Å². The highest BCUT2D eigenvalue weighted by molar-refractivity contribution is 7.98. The van der Waals surface area contributed by atoms with Crippen LogP contribution in [0.4, 0.5) is 0 Å². The summed E-state index contributed by atoms with van der Waals surface area (Å²) >= 11 is 7.44. The van der Waals surface area contributed by atoms with Gasteiger partial charge >= 0.3 is 0 Å². The average molecular weight is 329 g/mol. The number of halogens is 1. The van der Waals surface area contributed by atoms with Crippen molar-refractivity contribution in [3.63, 3.8) is 0 Å². The van der Waals surface area contributed by atoms with E-state index in [-0.39, 0.29) is 5.56 Å². The third-order valence-corrected chi connectivity index (χ3v) is 3.93. The summed E-state index contributed by atoms with van der Waals surface area (Å²) in [6.45, 7) is 0. The standard InChI is InChI=1S/C15H9ClN4OS/c1-22-15-19-13(11(7-17)14(21)20-15)10-6-9(16)5-8-3-2-4-18-12(8)10/h2-6H,1H3,(H,19,20,21). The number of hydrogen-bond donors (Lipinski definition) is 1. The Bertz CT molecular complexity index is 977. The van der Waals surface area contributed by atoms with Crippen LogP contribution in [0.2, 0.25) is 5.02 Å². The molecule has 0 aliphatic rings. The number of aromatic amines is 1. The number of hydrogen-bond acceptors (Lipinski definition) is 5. The van der Waals surface area contributed by atoms with E-state index >= 15 is 0 Å². The molecule has 0 saturated heterocycles. The molecule has 2 aromatic heterocycles. The van der Waals surface area contributed by atoms with Crippen LogP contribution in [-0.2, 0) is 0 Å². The van der Waals surface area contributed by atoms with Crippen molar-refractivity contribution in [1.82, 2.24) is 15.0 Å². The number of thioether (sulfide) groups is 1. The zero-order valence-electron chi connectivity index (χ0n) is 11.4. The zero-order chi connectivity index (χ0) is 15.7. The minimum Gasteiger partial charge on any atom is -0.300 e. The third kappa shape index (κ3) is 2.45. The molecular weight excluding hydrogens is 320 g/mol. The first-order chi connectivity index (χ1) is 10.6. The first-order valence-electron chi connectivity index (χ1n) is 6.27. The number of benzene rings is 1. The Labute approximate surface area is 135 Å². The lowest BCUT2D eigenvalue weighted by molar-refractivity contribution is 0.938. The van der Waals surface area contributed by atoms with Crippen LogP contribution >= 0.6 is 23.4 Å². The maximum Gasteiger partial charge on any atom is 0.270 e. The van der Waals surface area contributed by atoms with E-state index in [0.717, 1.165) is 5.39 Å². The molecule has 5 nitrogen and oxygen atoms in total. The summed E-state index contributed by atoms with van der Waals surface area (Å²) in [6.07, 6.45) is 3.44. The molecule has 1 N–H and O–H groups in total. The summed E-state index contributed by atoms with van der Waals surface area (Å²) < 4.78 is 0. The van der Waals surface area contributed by atoms with E-state index in [9.17, 15) is 10.1 Å². The van der Waals surface area contributed by atoms with Crippen molar-refractivity contribution in [3.05, 3.63) is 51.4 Å². The second kappa shape index (κ2) is 5.79. The van der Waals surface area contributed by atoms with Gasteiger partial charge in [0.2, 0.25) is 0 Å². The quantitative estimate of drug-likeness (QED) is 0.577. The number of pyridine rings is 1. The Morgan fingerprint density at radius 3 is 2.95 bits per heavy atom. The highest BCUT2D eigenvalue weighted by Gasteiger charge is 2.16. The molecule has 0 amide bonds. The van der Waals surface area contributed by atoms with Gasteiger partial charge in [-0.2, -0.15) is 5.26 Å². The average Bonchev–Trinajstić information content (AvgIpc) is 2.53. The molecule has 0 atom stereocenters. The summed E-state index contributed by atoms with van der Waals surface area (Å²) in [4.78, 5) is 23.3. The predicted octanol–water partition coefficient (Wildman–Crippen LogP) is 3.23. The molecule has 2 heterocycles. The summed E-state index contributed by atoms with van der Waals surface area (Å²) in [6, 6.07) is 9.03. The van der Waals surface area contributed by atoms with Gasteiger partial charge in [-0.3, -0.25) is 9.78 Å².